The minimum Gasteiger partial charge on any atom is -0.383 e. The molecule has 0 amide bonds. The Labute approximate surface area is 112 Å². The van der Waals surface area contributed by atoms with Crippen LogP contribution in [0.4, 0.5) is 5.82 Å². The predicted octanol–water partition coefficient (Wildman–Crippen LogP) is 3.11. The Hall–Kier alpha value is -2.42. The largest absolute Gasteiger partial charge is 0.383 e. The number of pyridine rings is 2. The van der Waals surface area contributed by atoms with Gasteiger partial charge in [-0.05, 0) is 30.7 Å². The summed E-state index contributed by atoms with van der Waals surface area (Å²) >= 11 is 0. The molecule has 0 radical (unpaired) electrons. The molecule has 0 aliphatic rings. The smallest absolute Gasteiger partial charge is 0.127 e. The molecule has 3 aromatic rings. The Morgan fingerprint density at radius 1 is 1.05 bits per heavy atom. The van der Waals surface area contributed by atoms with Crippen molar-refractivity contribution >= 4 is 16.7 Å². The summed E-state index contributed by atoms with van der Waals surface area (Å²) in [6.07, 6.45) is 2.46. The van der Waals surface area contributed by atoms with Gasteiger partial charge in [0, 0.05) is 29.3 Å². The van der Waals surface area contributed by atoms with Gasteiger partial charge in [-0.25, -0.2) is 4.98 Å². The van der Waals surface area contributed by atoms with Gasteiger partial charge >= 0.3 is 0 Å². The zero-order chi connectivity index (χ0) is 13.2. The molecule has 0 unspecified atom stereocenters. The molecule has 94 valence electrons. The molecule has 0 aliphatic heterocycles. The van der Waals surface area contributed by atoms with Crippen molar-refractivity contribution in [1.82, 2.24) is 9.97 Å². The van der Waals surface area contributed by atoms with E-state index in [9.17, 15) is 0 Å². The number of aromatic nitrogens is 2. The van der Waals surface area contributed by atoms with Crippen LogP contribution in [0.15, 0.2) is 48.7 Å². The number of fused-ring (bicyclic) bond motifs is 1. The molecule has 0 aliphatic carbocycles. The summed E-state index contributed by atoms with van der Waals surface area (Å²) in [6.45, 7) is 2.05. The first-order valence-corrected chi connectivity index (χ1v) is 6.28. The third kappa shape index (κ3) is 2.27. The zero-order valence-corrected chi connectivity index (χ0v) is 10.8. The molecule has 2 heterocycles. The fraction of sp³-hybridized carbons (Fsp3) is 0.125. The minimum absolute atomic E-state index is 0.593. The topological polar surface area (TPSA) is 51.8 Å². The number of anilines is 1. The van der Waals surface area contributed by atoms with Gasteiger partial charge in [-0.3, -0.25) is 4.98 Å². The van der Waals surface area contributed by atoms with Gasteiger partial charge in [0.2, 0.25) is 0 Å². The summed E-state index contributed by atoms with van der Waals surface area (Å²) in [4.78, 5) is 8.82. The summed E-state index contributed by atoms with van der Waals surface area (Å²) in [5, 5.41) is 1.15. The van der Waals surface area contributed by atoms with Gasteiger partial charge in [0.05, 0.1) is 5.52 Å². The summed E-state index contributed by atoms with van der Waals surface area (Å²) in [7, 11) is 0. The SMILES string of the molecule is Cc1ccnc(N)c1Cc1ccc2ccccc2n1. The van der Waals surface area contributed by atoms with E-state index >= 15 is 0 Å². The quantitative estimate of drug-likeness (QED) is 0.759. The van der Waals surface area contributed by atoms with Gasteiger partial charge < -0.3 is 5.73 Å². The maximum atomic E-state index is 5.94. The lowest BCUT2D eigenvalue weighted by molar-refractivity contribution is 1.06. The second-order valence-corrected chi connectivity index (χ2v) is 4.66. The van der Waals surface area contributed by atoms with Crippen molar-refractivity contribution in [2.45, 2.75) is 13.3 Å². The Bertz CT molecular complexity index is 715. The van der Waals surface area contributed by atoms with E-state index in [2.05, 4.69) is 29.0 Å². The van der Waals surface area contributed by atoms with E-state index in [0.717, 1.165) is 34.1 Å². The van der Waals surface area contributed by atoms with E-state index in [1.165, 1.54) is 0 Å². The van der Waals surface area contributed by atoms with Crippen LogP contribution in [0.3, 0.4) is 0 Å². The first-order valence-electron chi connectivity index (χ1n) is 6.28. The van der Waals surface area contributed by atoms with Gasteiger partial charge in [0.15, 0.2) is 0 Å². The summed E-state index contributed by atoms with van der Waals surface area (Å²) in [6, 6.07) is 14.2. The van der Waals surface area contributed by atoms with Crippen LogP contribution in [0.25, 0.3) is 10.9 Å². The highest BCUT2D eigenvalue weighted by Gasteiger charge is 2.06. The number of aryl methyl sites for hydroxylation is 1. The van der Waals surface area contributed by atoms with Gasteiger partial charge in [0.1, 0.15) is 5.82 Å². The molecular formula is C16H15N3. The number of hydrogen-bond donors (Lipinski definition) is 1. The Morgan fingerprint density at radius 3 is 2.74 bits per heavy atom. The number of para-hydroxylation sites is 1. The number of nitrogens with zero attached hydrogens (tertiary/aromatic N) is 2. The lowest BCUT2D eigenvalue weighted by Crippen LogP contribution is -2.02. The number of nitrogen functional groups attached to an aromatic ring is 1. The van der Waals surface area contributed by atoms with Gasteiger partial charge in [-0.2, -0.15) is 0 Å². The molecule has 2 aromatic heterocycles. The highest BCUT2D eigenvalue weighted by Crippen LogP contribution is 2.19. The van der Waals surface area contributed by atoms with Crippen molar-refractivity contribution in [1.29, 1.82) is 0 Å². The van der Waals surface area contributed by atoms with Crippen LogP contribution >= 0.6 is 0 Å². The fourth-order valence-electron chi connectivity index (χ4n) is 2.23. The Kier molecular flexibility index (Phi) is 2.88. The maximum Gasteiger partial charge on any atom is 0.127 e. The molecule has 1 aromatic carbocycles. The molecule has 0 bridgehead atoms. The normalized spacial score (nSPS) is 10.8. The van der Waals surface area contributed by atoms with E-state index in [0.29, 0.717) is 5.82 Å². The molecule has 0 saturated heterocycles. The highest BCUT2D eigenvalue weighted by atomic mass is 14.8. The van der Waals surface area contributed by atoms with E-state index < -0.39 is 0 Å². The molecule has 0 fully saturated rings. The molecule has 0 saturated carbocycles. The average Bonchev–Trinajstić information content (AvgIpc) is 2.43. The molecule has 0 atom stereocenters. The molecule has 19 heavy (non-hydrogen) atoms. The van der Waals surface area contributed by atoms with E-state index in [-0.39, 0.29) is 0 Å². The van der Waals surface area contributed by atoms with Crippen LogP contribution in [0, 0.1) is 6.92 Å². The van der Waals surface area contributed by atoms with Crippen molar-refractivity contribution in [3.8, 4) is 0 Å². The lowest BCUT2D eigenvalue weighted by atomic mass is 10.0. The first kappa shape index (κ1) is 11.7. The van der Waals surface area contributed by atoms with Gasteiger partial charge in [-0.15, -0.1) is 0 Å². The van der Waals surface area contributed by atoms with E-state index in [1.54, 1.807) is 6.20 Å². The highest BCUT2D eigenvalue weighted by molar-refractivity contribution is 5.78. The third-order valence-electron chi connectivity index (χ3n) is 3.34. The number of nitrogens with two attached hydrogens (primary N) is 1. The minimum atomic E-state index is 0.593. The Balaban J connectivity index is 2.01. The zero-order valence-electron chi connectivity index (χ0n) is 10.8. The van der Waals surface area contributed by atoms with Crippen LogP contribution < -0.4 is 5.73 Å². The summed E-state index contributed by atoms with van der Waals surface area (Å²) < 4.78 is 0. The average molecular weight is 249 g/mol. The van der Waals surface area contributed by atoms with Crippen LogP contribution in [-0.4, -0.2) is 9.97 Å². The van der Waals surface area contributed by atoms with Crippen LogP contribution in [-0.2, 0) is 6.42 Å². The third-order valence-corrected chi connectivity index (χ3v) is 3.34. The van der Waals surface area contributed by atoms with Crippen LogP contribution in [0.1, 0.15) is 16.8 Å². The van der Waals surface area contributed by atoms with Gasteiger partial charge in [-0.1, -0.05) is 24.3 Å². The second-order valence-electron chi connectivity index (χ2n) is 4.66. The van der Waals surface area contributed by atoms with E-state index in [1.807, 2.05) is 30.3 Å². The van der Waals surface area contributed by atoms with Crippen molar-refractivity contribution in [2.75, 3.05) is 5.73 Å². The summed E-state index contributed by atoms with van der Waals surface area (Å²) in [5.41, 5.74) is 10.2. The molecular weight excluding hydrogens is 234 g/mol. The van der Waals surface area contributed by atoms with Crippen molar-refractivity contribution in [3.05, 3.63) is 65.5 Å². The molecule has 3 rings (SSSR count). The van der Waals surface area contributed by atoms with Crippen LogP contribution in [0.5, 0.6) is 0 Å². The first-order chi connectivity index (χ1) is 9.24. The van der Waals surface area contributed by atoms with Gasteiger partial charge in [0.25, 0.3) is 0 Å². The molecule has 3 nitrogen and oxygen atoms in total. The second kappa shape index (κ2) is 4.69. The van der Waals surface area contributed by atoms with Crippen molar-refractivity contribution in [3.63, 3.8) is 0 Å². The maximum absolute atomic E-state index is 5.94. The molecule has 2 N–H and O–H groups in total. The number of hydrogen-bond acceptors (Lipinski definition) is 3. The standard InChI is InChI=1S/C16H15N3/c1-11-8-9-18-16(17)14(11)10-13-7-6-12-4-2-3-5-15(12)19-13/h2-9H,10H2,1H3,(H2,17,18). The van der Waals surface area contributed by atoms with Crippen LogP contribution in [0.2, 0.25) is 0 Å². The van der Waals surface area contributed by atoms with Crippen molar-refractivity contribution < 1.29 is 0 Å². The number of benzene rings is 1. The lowest BCUT2D eigenvalue weighted by Gasteiger charge is -2.08. The summed E-state index contributed by atoms with van der Waals surface area (Å²) in [5.74, 6) is 0.593. The fourth-order valence-corrected chi connectivity index (χ4v) is 2.23. The van der Waals surface area contributed by atoms with Crippen molar-refractivity contribution in [2.24, 2.45) is 0 Å². The molecule has 0 spiro atoms. The Morgan fingerprint density at radius 2 is 1.89 bits per heavy atom. The number of rotatable bonds is 2. The monoisotopic (exact) mass is 249 g/mol. The predicted molar refractivity (Wildman–Crippen MR) is 77.9 cm³/mol. The van der Waals surface area contributed by atoms with E-state index in [4.69, 9.17) is 5.73 Å². The molecule has 3 heteroatoms.